The summed E-state index contributed by atoms with van der Waals surface area (Å²) in [6.45, 7) is 1.71. The van der Waals surface area contributed by atoms with Gasteiger partial charge in [0.2, 0.25) is 0 Å². The fourth-order valence-corrected chi connectivity index (χ4v) is 2.53. The molecule has 1 aromatic rings. The Bertz CT molecular complexity index is 478. The van der Waals surface area contributed by atoms with E-state index in [-0.39, 0.29) is 11.5 Å². The van der Waals surface area contributed by atoms with Gasteiger partial charge in [0.05, 0.1) is 5.56 Å². The number of hydrogen-bond acceptors (Lipinski definition) is 3. The molecule has 104 valence electrons. The molecule has 2 N–H and O–H groups in total. The van der Waals surface area contributed by atoms with E-state index in [1.54, 1.807) is 11.9 Å². The largest absolute Gasteiger partial charge is 0.398 e. The first-order valence-electron chi connectivity index (χ1n) is 6.50. The summed E-state index contributed by atoms with van der Waals surface area (Å²) in [6.07, 6.45) is 2.25. The number of nitrogen functional groups attached to an aromatic ring is 1. The summed E-state index contributed by atoms with van der Waals surface area (Å²) in [5.41, 5.74) is 6.30. The summed E-state index contributed by atoms with van der Waals surface area (Å²) in [7, 11) is 3.80. The number of carbonyl (C=O) groups excluding carboxylic acids is 1. The number of nitrogens with two attached hydrogens (primary N) is 1. The predicted molar refractivity (Wildman–Crippen MR) is 73.4 cm³/mol. The molecule has 19 heavy (non-hydrogen) atoms. The Kier molecular flexibility index (Phi) is 4.04. The van der Waals surface area contributed by atoms with Crippen LogP contribution in [0.15, 0.2) is 18.2 Å². The van der Waals surface area contributed by atoms with Crippen LogP contribution in [0, 0.1) is 5.82 Å². The summed E-state index contributed by atoms with van der Waals surface area (Å²) in [4.78, 5) is 16.1. The van der Waals surface area contributed by atoms with Crippen LogP contribution < -0.4 is 5.73 Å². The van der Waals surface area contributed by atoms with Crippen LogP contribution in [0.5, 0.6) is 0 Å². The Morgan fingerprint density at radius 3 is 2.95 bits per heavy atom. The molecule has 0 aliphatic carbocycles. The number of carbonyl (C=O) groups is 1. The van der Waals surface area contributed by atoms with Gasteiger partial charge in [-0.05, 0) is 44.6 Å². The first kappa shape index (κ1) is 13.8. The summed E-state index contributed by atoms with van der Waals surface area (Å²) >= 11 is 0. The van der Waals surface area contributed by atoms with E-state index in [9.17, 15) is 9.18 Å². The second-order valence-electron chi connectivity index (χ2n) is 5.19. The maximum atomic E-state index is 13.2. The van der Waals surface area contributed by atoms with Crippen LogP contribution in [-0.4, -0.2) is 48.9 Å². The van der Waals surface area contributed by atoms with E-state index in [0.717, 1.165) is 19.4 Å². The zero-order valence-corrected chi connectivity index (χ0v) is 11.4. The molecule has 1 aliphatic heterocycles. The number of likely N-dealkylation sites (tertiary alicyclic amines) is 1. The lowest BCUT2D eigenvalue weighted by molar-refractivity contribution is 0.0762. The smallest absolute Gasteiger partial charge is 0.255 e. The zero-order chi connectivity index (χ0) is 14.0. The van der Waals surface area contributed by atoms with Crippen molar-refractivity contribution in [2.75, 3.05) is 32.9 Å². The van der Waals surface area contributed by atoms with E-state index >= 15 is 0 Å². The molecular weight excluding hydrogens is 245 g/mol. The van der Waals surface area contributed by atoms with E-state index in [0.29, 0.717) is 18.3 Å². The Morgan fingerprint density at radius 2 is 2.32 bits per heavy atom. The van der Waals surface area contributed by atoms with Gasteiger partial charge in [-0.15, -0.1) is 0 Å². The summed E-state index contributed by atoms with van der Waals surface area (Å²) in [6, 6.07) is 4.27. The Labute approximate surface area is 113 Å². The molecule has 1 amide bonds. The fourth-order valence-electron chi connectivity index (χ4n) is 2.53. The molecule has 1 heterocycles. The maximum Gasteiger partial charge on any atom is 0.255 e. The molecule has 1 unspecified atom stereocenters. The third-order valence-corrected chi connectivity index (χ3v) is 3.75. The fraction of sp³-hybridized carbons (Fsp3) is 0.500. The number of likely N-dealkylation sites (N-methyl/N-ethyl adjacent to an activating group) is 2. The number of rotatable bonds is 3. The highest BCUT2D eigenvalue weighted by Crippen LogP contribution is 2.19. The predicted octanol–water partition coefficient (Wildman–Crippen LogP) is 1.57. The number of benzene rings is 1. The third-order valence-electron chi connectivity index (χ3n) is 3.75. The Hall–Kier alpha value is -1.62. The van der Waals surface area contributed by atoms with E-state index in [2.05, 4.69) is 11.9 Å². The minimum absolute atomic E-state index is 0.225. The summed E-state index contributed by atoms with van der Waals surface area (Å²) in [5, 5.41) is 0. The number of hydrogen-bond donors (Lipinski definition) is 1. The van der Waals surface area contributed by atoms with Crippen LogP contribution in [0.1, 0.15) is 23.2 Å². The molecule has 0 spiro atoms. The topological polar surface area (TPSA) is 49.6 Å². The number of nitrogens with zero attached hydrogens (tertiary/aromatic N) is 2. The monoisotopic (exact) mass is 265 g/mol. The minimum atomic E-state index is -0.441. The van der Waals surface area contributed by atoms with Crippen molar-refractivity contribution in [3.63, 3.8) is 0 Å². The first-order chi connectivity index (χ1) is 8.99. The van der Waals surface area contributed by atoms with Gasteiger partial charge < -0.3 is 15.5 Å². The number of amides is 1. The van der Waals surface area contributed by atoms with Crippen molar-refractivity contribution in [2.45, 2.75) is 18.9 Å². The van der Waals surface area contributed by atoms with Gasteiger partial charge in [-0.1, -0.05) is 0 Å². The lowest BCUT2D eigenvalue weighted by atomic mass is 10.1. The van der Waals surface area contributed by atoms with Crippen molar-refractivity contribution in [2.24, 2.45) is 0 Å². The molecule has 0 saturated carbocycles. The summed E-state index contributed by atoms with van der Waals surface area (Å²) < 4.78 is 13.2. The third kappa shape index (κ3) is 3.04. The minimum Gasteiger partial charge on any atom is -0.398 e. The van der Waals surface area contributed by atoms with Gasteiger partial charge in [0, 0.05) is 25.3 Å². The number of anilines is 1. The lowest BCUT2D eigenvalue weighted by Gasteiger charge is -2.26. The normalized spacial score (nSPS) is 19.6. The van der Waals surface area contributed by atoms with E-state index in [1.807, 2.05) is 0 Å². The zero-order valence-electron chi connectivity index (χ0n) is 11.4. The Morgan fingerprint density at radius 1 is 1.58 bits per heavy atom. The van der Waals surface area contributed by atoms with E-state index < -0.39 is 5.82 Å². The maximum absolute atomic E-state index is 13.2. The van der Waals surface area contributed by atoms with Crippen LogP contribution in [-0.2, 0) is 0 Å². The molecule has 1 saturated heterocycles. The SMILES string of the molecule is CN(CC1CCCN1C)C(=O)c1cc(F)ccc1N. The quantitative estimate of drug-likeness (QED) is 0.844. The van der Waals surface area contributed by atoms with Crippen molar-refractivity contribution in [3.8, 4) is 0 Å². The van der Waals surface area contributed by atoms with E-state index in [1.165, 1.54) is 18.2 Å². The van der Waals surface area contributed by atoms with Gasteiger partial charge in [0.1, 0.15) is 5.82 Å². The van der Waals surface area contributed by atoms with Crippen LogP contribution in [0.4, 0.5) is 10.1 Å². The van der Waals surface area contributed by atoms with Gasteiger partial charge in [0.15, 0.2) is 0 Å². The van der Waals surface area contributed by atoms with Gasteiger partial charge in [-0.25, -0.2) is 4.39 Å². The molecule has 0 bridgehead atoms. The lowest BCUT2D eigenvalue weighted by Crippen LogP contribution is -2.39. The standard InChI is InChI=1S/C14H20FN3O/c1-17-7-3-4-11(17)9-18(2)14(19)12-8-10(15)5-6-13(12)16/h5-6,8,11H,3-4,7,9,16H2,1-2H3. The summed E-state index contributed by atoms with van der Waals surface area (Å²) in [5.74, 6) is -0.666. The molecule has 0 aromatic heterocycles. The van der Waals surface area contributed by atoms with Crippen molar-refractivity contribution < 1.29 is 9.18 Å². The van der Waals surface area contributed by atoms with E-state index in [4.69, 9.17) is 5.73 Å². The average molecular weight is 265 g/mol. The van der Waals surface area contributed by atoms with Crippen LogP contribution >= 0.6 is 0 Å². The molecule has 5 heteroatoms. The van der Waals surface area contributed by atoms with Gasteiger partial charge in [-0.2, -0.15) is 0 Å². The molecule has 4 nitrogen and oxygen atoms in total. The highest BCUT2D eigenvalue weighted by molar-refractivity contribution is 5.99. The second-order valence-corrected chi connectivity index (χ2v) is 5.19. The van der Waals surface area contributed by atoms with Crippen molar-refractivity contribution in [1.82, 2.24) is 9.80 Å². The Balaban J connectivity index is 2.08. The van der Waals surface area contributed by atoms with Crippen LogP contribution in [0.2, 0.25) is 0 Å². The van der Waals surface area contributed by atoms with Crippen molar-refractivity contribution >= 4 is 11.6 Å². The number of halogens is 1. The first-order valence-corrected chi connectivity index (χ1v) is 6.50. The van der Waals surface area contributed by atoms with Crippen LogP contribution in [0.3, 0.4) is 0 Å². The van der Waals surface area contributed by atoms with Crippen molar-refractivity contribution in [3.05, 3.63) is 29.6 Å². The van der Waals surface area contributed by atoms with Gasteiger partial charge in [0.25, 0.3) is 5.91 Å². The van der Waals surface area contributed by atoms with Crippen LogP contribution in [0.25, 0.3) is 0 Å². The molecule has 2 rings (SSSR count). The molecular formula is C14H20FN3O. The second kappa shape index (κ2) is 5.57. The average Bonchev–Trinajstić information content (AvgIpc) is 2.77. The molecule has 1 fully saturated rings. The molecule has 1 atom stereocenters. The highest BCUT2D eigenvalue weighted by atomic mass is 19.1. The van der Waals surface area contributed by atoms with Crippen molar-refractivity contribution in [1.29, 1.82) is 0 Å². The van der Waals surface area contributed by atoms with Gasteiger partial charge >= 0.3 is 0 Å². The highest BCUT2D eigenvalue weighted by Gasteiger charge is 2.25. The molecule has 1 aromatic carbocycles. The molecule has 1 aliphatic rings. The molecule has 0 radical (unpaired) electrons. The van der Waals surface area contributed by atoms with Gasteiger partial charge in [-0.3, -0.25) is 4.79 Å².